The third-order valence-corrected chi connectivity index (χ3v) is 6.08. The van der Waals surface area contributed by atoms with Crippen LogP contribution in [0.4, 0.5) is 0 Å². The Balaban J connectivity index is 1.82. The predicted molar refractivity (Wildman–Crippen MR) is 121 cm³/mol. The van der Waals surface area contributed by atoms with Crippen LogP contribution < -0.4 is 16.1 Å². The summed E-state index contributed by atoms with van der Waals surface area (Å²) in [6.45, 7) is 5.13. The van der Waals surface area contributed by atoms with Gasteiger partial charge in [0.2, 0.25) is 0 Å². The molecular formula is C25H26N4O. The lowest BCUT2D eigenvalue weighted by Crippen LogP contribution is -2.33. The van der Waals surface area contributed by atoms with Gasteiger partial charge in [0.15, 0.2) is 5.65 Å². The highest BCUT2D eigenvalue weighted by Gasteiger charge is 2.19. The number of nitrogens with one attached hydrogen (secondary N) is 1. The monoisotopic (exact) mass is 398 g/mol. The first-order valence-electron chi connectivity index (χ1n) is 10.7. The Bertz CT molecular complexity index is 1320. The second kappa shape index (κ2) is 7.48. The number of para-hydroxylation sites is 1. The van der Waals surface area contributed by atoms with Crippen LogP contribution in [-0.2, 0) is 0 Å². The van der Waals surface area contributed by atoms with Gasteiger partial charge in [-0.2, -0.15) is 0 Å². The van der Waals surface area contributed by atoms with Gasteiger partial charge in [0.25, 0.3) is 5.56 Å². The Labute approximate surface area is 175 Å². The van der Waals surface area contributed by atoms with Crippen LogP contribution in [0.15, 0.2) is 59.5 Å². The lowest BCUT2D eigenvalue weighted by Gasteiger charge is -2.05. The maximum Gasteiger partial charge on any atom is 0.283 e. The van der Waals surface area contributed by atoms with Crippen LogP contribution >= 0.6 is 0 Å². The molecule has 0 amide bonds. The first kappa shape index (κ1) is 18.7. The molecule has 0 bridgehead atoms. The van der Waals surface area contributed by atoms with Crippen molar-refractivity contribution in [1.82, 2.24) is 19.5 Å². The van der Waals surface area contributed by atoms with Crippen molar-refractivity contribution < 1.29 is 0 Å². The molecule has 1 aliphatic rings. The van der Waals surface area contributed by atoms with Crippen LogP contribution in [0.25, 0.3) is 28.3 Å². The Morgan fingerprint density at radius 1 is 0.967 bits per heavy atom. The summed E-state index contributed by atoms with van der Waals surface area (Å²) < 4.78 is 3.65. The fraction of sp³-hybridized carbons (Fsp3) is 0.280. The Morgan fingerprint density at radius 3 is 2.60 bits per heavy atom. The number of benzene rings is 2. The Hall–Kier alpha value is -3.34. The average Bonchev–Trinajstić information content (AvgIpc) is 3.14. The molecule has 3 heterocycles. The fourth-order valence-electron chi connectivity index (χ4n) is 4.25. The van der Waals surface area contributed by atoms with Gasteiger partial charge >= 0.3 is 0 Å². The molecule has 5 heteroatoms. The van der Waals surface area contributed by atoms with Gasteiger partial charge in [-0.1, -0.05) is 36.8 Å². The molecule has 0 aliphatic carbocycles. The molecule has 152 valence electrons. The maximum atomic E-state index is 13.5. The van der Waals surface area contributed by atoms with E-state index in [2.05, 4.69) is 37.4 Å². The van der Waals surface area contributed by atoms with Crippen molar-refractivity contribution in [2.24, 2.45) is 0 Å². The summed E-state index contributed by atoms with van der Waals surface area (Å²) in [5.74, 6) is 0. The van der Waals surface area contributed by atoms with Gasteiger partial charge in [0, 0.05) is 17.8 Å². The summed E-state index contributed by atoms with van der Waals surface area (Å²) in [6.07, 6.45) is 6.28. The summed E-state index contributed by atoms with van der Waals surface area (Å²) >= 11 is 0. The predicted octanol–water partition coefficient (Wildman–Crippen LogP) is 3.76. The molecule has 1 aliphatic heterocycles. The third-order valence-electron chi connectivity index (χ3n) is 6.08. The van der Waals surface area contributed by atoms with Crippen molar-refractivity contribution >= 4 is 11.3 Å². The van der Waals surface area contributed by atoms with Crippen LogP contribution in [0, 0.1) is 13.8 Å². The molecule has 30 heavy (non-hydrogen) atoms. The van der Waals surface area contributed by atoms with Crippen molar-refractivity contribution in [1.29, 1.82) is 0 Å². The standard InChI is InChI=1S/C25H26N4O/c1-17-12-13-19(15-18(17)2)22-16-28-24(27-22)23(21-11-7-4-8-14-26-21)25(30)29(28)20-9-5-3-6-10-20/h3,5-6,9-10,12-13,15-16,26H,4,7-8,11,14H2,1-2H3/b23-21-. The normalized spacial score (nSPS) is 16.5. The zero-order chi connectivity index (χ0) is 20.7. The molecule has 2 aromatic heterocycles. The smallest absolute Gasteiger partial charge is 0.283 e. The van der Waals surface area contributed by atoms with E-state index in [4.69, 9.17) is 4.98 Å². The van der Waals surface area contributed by atoms with Crippen LogP contribution in [0.5, 0.6) is 0 Å². The number of hydrogen-bond acceptors (Lipinski definition) is 3. The molecule has 2 aromatic carbocycles. The lowest BCUT2D eigenvalue weighted by atomic mass is 10.1. The summed E-state index contributed by atoms with van der Waals surface area (Å²) in [7, 11) is 0. The van der Waals surface area contributed by atoms with E-state index in [-0.39, 0.29) is 5.56 Å². The summed E-state index contributed by atoms with van der Waals surface area (Å²) in [5.41, 5.74) is 7.03. The van der Waals surface area contributed by atoms with Crippen molar-refractivity contribution in [3.63, 3.8) is 0 Å². The summed E-state index contributed by atoms with van der Waals surface area (Å²) in [5, 5.41) is 4.22. The van der Waals surface area contributed by atoms with E-state index in [0.717, 1.165) is 54.1 Å². The summed E-state index contributed by atoms with van der Waals surface area (Å²) in [4.78, 5) is 18.5. The molecule has 1 N–H and O–H groups in total. The van der Waals surface area contributed by atoms with E-state index < -0.39 is 0 Å². The minimum atomic E-state index is -0.0141. The second-order valence-corrected chi connectivity index (χ2v) is 8.14. The van der Waals surface area contributed by atoms with E-state index in [1.54, 1.807) is 4.68 Å². The number of aryl methyl sites for hydroxylation is 2. The first-order valence-corrected chi connectivity index (χ1v) is 10.7. The topological polar surface area (TPSA) is 51.3 Å². The molecule has 5 rings (SSSR count). The van der Waals surface area contributed by atoms with Crippen molar-refractivity contribution in [3.8, 4) is 16.9 Å². The van der Waals surface area contributed by atoms with Gasteiger partial charge in [-0.25, -0.2) is 14.2 Å². The maximum absolute atomic E-state index is 13.5. The fourth-order valence-corrected chi connectivity index (χ4v) is 4.25. The molecule has 1 fully saturated rings. The molecule has 0 radical (unpaired) electrons. The van der Waals surface area contributed by atoms with E-state index in [0.29, 0.717) is 5.22 Å². The zero-order valence-electron chi connectivity index (χ0n) is 17.5. The van der Waals surface area contributed by atoms with Gasteiger partial charge < -0.3 is 5.32 Å². The van der Waals surface area contributed by atoms with Gasteiger partial charge in [-0.3, -0.25) is 4.79 Å². The average molecular weight is 399 g/mol. The Morgan fingerprint density at radius 2 is 1.80 bits per heavy atom. The van der Waals surface area contributed by atoms with E-state index in [1.807, 2.05) is 41.0 Å². The van der Waals surface area contributed by atoms with Crippen molar-refractivity contribution in [2.45, 2.75) is 39.5 Å². The van der Waals surface area contributed by atoms with Gasteiger partial charge in [0.05, 0.1) is 17.6 Å². The quantitative estimate of drug-likeness (QED) is 0.559. The van der Waals surface area contributed by atoms with Gasteiger partial charge in [0.1, 0.15) is 5.22 Å². The number of rotatable bonds is 2. The Kier molecular flexibility index (Phi) is 4.66. The minimum absolute atomic E-state index is 0.0141. The van der Waals surface area contributed by atoms with Crippen LogP contribution in [0.3, 0.4) is 0 Å². The highest BCUT2D eigenvalue weighted by Crippen LogP contribution is 2.22. The number of nitrogens with zero attached hydrogens (tertiary/aromatic N) is 3. The van der Waals surface area contributed by atoms with Crippen molar-refractivity contribution in [3.05, 3.63) is 81.4 Å². The third kappa shape index (κ3) is 3.11. The van der Waals surface area contributed by atoms with Crippen LogP contribution in [-0.4, -0.2) is 20.7 Å². The van der Waals surface area contributed by atoms with Gasteiger partial charge in [-0.05, 0) is 62.4 Å². The first-order chi connectivity index (χ1) is 14.6. The SMILES string of the molecule is Cc1ccc(-c2cn3c(n2)/c(=C2\CCCCCN2)c(=O)n3-c2ccccc2)cc1C. The number of aromatic nitrogens is 3. The second-order valence-electron chi connectivity index (χ2n) is 8.14. The highest BCUT2D eigenvalue weighted by atomic mass is 16.1. The molecular weight excluding hydrogens is 372 g/mol. The summed E-state index contributed by atoms with van der Waals surface area (Å²) in [6, 6.07) is 16.2. The zero-order valence-corrected chi connectivity index (χ0v) is 17.5. The molecule has 4 aromatic rings. The van der Waals surface area contributed by atoms with Crippen LogP contribution in [0.2, 0.25) is 0 Å². The molecule has 0 unspecified atom stereocenters. The lowest BCUT2D eigenvalue weighted by molar-refractivity contribution is 0.721. The van der Waals surface area contributed by atoms with E-state index >= 15 is 0 Å². The number of hydrogen-bond donors (Lipinski definition) is 1. The minimum Gasteiger partial charge on any atom is -0.388 e. The van der Waals surface area contributed by atoms with E-state index in [1.165, 1.54) is 17.5 Å². The molecule has 0 spiro atoms. The van der Waals surface area contributed by atoms with Gasteiger partial charge in [-0.15, -0.1) is 0 Å². The molecule has 5 nitrogen and oxygen atoms in total. The van der Waals surface area contributed by atoms with E-state index in [9.17, 15) is 4.79 Å². The molecule has 1 saturated heterocycles. The largest absolute Gasteiger partial charge is 0.388 e. The molecule has 0 saturated carbocycles. The highest BCUT2D eigenvalue weighted by molar-refractivity contribution is 5.66. The van der Waals surface area contributed by atoms with Crippen LogP contribution in [0.1, 0.15) is 36.8 Å². The molecule has 0 atom stereocenters. The number of fused-ring (bicyclic) bond motifs is 1. The van der Waals surface area contributed by atoms with Crippen molar-refractivity contribution in [2.75, 3.05) is 6.54 Å². The number of imidazole rings is 1.